The normalized spacial score (nSPS) is 12.4. The van der Waals surface area contributed by atoms with E-state index in [4.69, 9.17) is 0 Å². The fourth-order valence-corrected chi connectivity index (χ4v) is 4.28. The smallest absolute Gasteiger partial charge is 0.0447 e. The molecule has 2 aromatic rings. The van der Waals surface area contributed by atoms with Crippen LogP contribution in [0.2, 0.25) is 0 Å². The molecule has 0 spiro atoms. The molecule has 1 unspecified atom stereocenters. The molecule has 1 atom stereocenters. The molecule has 0 bridgehead atoms. The molecule has 0 aliphatic rings. The third-order valence-electron chi connectivity index (χ3n) is 2.60. The summed E-state index contributed by atoms with van der Waals surface area (Å²) in [5.41, 5.74) is 2.61. The molecule has 0 N–H and O–H groups in total. The number of halogens is 4. The number of hydrogen-bond donors (Lipinski definition) is 0. The quantitative estimate of drug-likeness (QED) is 0.306. The predicted octanol–water partition coefficient (Wildman–Crippen LogP) is 6.49. The molecule has 0 aliphatic heterocycles. The van der Waals surface area contributed by atoms with Crippen LogP contribution < -0.4 is 0 Å². The lowest BCUT2D eigenvalue weighted by Gasteiger charge is -2.13. The van der Waals surface area contributed by atoms with Crippen LogP contribution in [-0.4, -0.2) is 0 Å². The lowest BCUT2D eigenvalue weighted by Crippen LogP contribution is -1.97. The van der Waals surface area contributed by atoms with Crippen molar-refractivity contribution in [3.05, 3.63) is 66.1 Å². The number of rotatable bonds is 3. The third kappa shape index (κ3) is 4.05. The van der Waals surface area contributed by atoms with Gasteiger partial charge in [0.2, 0.25) is 0 Å². The third-order valence-corrected chi connectivity index (χ3v) is 5.30. The van der Waals surface area contributed by atoms with E-state index in [0.717, 1.165) is 15.4 Å². The fraction of sp³-hybridized carbons (Fsp3) is 0.143. The zero-order chi connectivity index (χ0) is 13.1. The van der Waals surface area contributed by atoms with Gasteiger partial charge in [-0.1, -0.05) is 59.9 Å². The Hall–Kier alpha value is 0.610. The van der Waals surface area contributed by atoms with Crippen molar-refractivity contribution in [2.45, 2.75) is 11.2 Å². The molecule has 0 heterocycles. The maximum absolute atomic E-state index is 3.78. The first-order chi connectivity index (χ1) is 8.56. The zero-order valence-electron chi connectivity index (χ0n) is 9.34. The Bertz CT molecular complexity index is 554. The van der Waals surface area contributed by atoms with Gasteiger partial charge in [0, 0.05) is 17.3 Å². The van der Waals surface area contributed by atoms with E-state index >= 15 is 0 Å². The van der Waals surface area contributed by atoms with E-state index in [1.165, 1.54) is 14.7 Å². The lowest BCUT2D eigenvalue weighted by atomic mass is 10.0. The zero-order valence-corrected chi connectivity index (χ0v) is 16.3. The highest BCUT2D eigenvalue weighted by molar-refractivity contribution is 14.1. The molecule has 0 amide bonds. The first kappa shape index (κ1) is 15.0. The van der Waals surface area contributed by atoms with Gasteiger partial charge in [0.25, 0.3) is 0 Å². The highest BCUT2D eigenvalue weighted by atomic mass is 127. The van der Waals surface area contributed by atoms with Gasteiger partial charge in [-0.2, -0.15) is 0 Å². The highest BCUT2D eigenvalue weighted by Crippen LogP contribution is 2.33. The summed E-state index contributed by atoms with van der Waals surface area (Å²) in [5, 5.41) is 0. The Balaban J connectivity index is 2.21. The molecule has 0 saturated heterocycles. The van der Waals surface area contributed by atoms with Gasteiger partial charge in [-0.3, -0.25) is 0 Å². The van der Waals surface area contributed by atoms with Gasteiger partial charge >= 0.3 is 0 Å². The van der Waals surface area contributed by atoms with Crippen molar-refractivity contribution in [1.82, 2.24) is 0 Å². The molecular weight excluding hydrogens is 535 g/mol. The first-order valence-corrected chi connectivity index (χ1v) is 8.98. The fourth-order valence-electron chi connectivity index (χ4n) is 1.74. The summed E-state index contributed by atoms with van der Waals surface area (Å²) in [5.74, 6) is 0. The Morgan fingerprint density at radius 1 is 1.06 bits per heavy atom. The van der Waals surface area contributed by atoms with Crippen LogP contribution in [0, 0.1) is 3.57 Å². The lowest BCUT2D eigenvalue weighted by molar-refractivity contribution is 0.941. The molecular formula is C14H10Br3I. The number of alkyl halides is 1. The molecule has 0 radical (unpaired) electrons. The summed E-state index contributed by atoms with van der Waals surface area (Å²) >= 11 is 13.3. The van der Waals surface area contributed by atoms with Crippen LogP contribution in [0.1, 0.15) is 16.0 Å². The van der Waals surface area contributed by atoms with Crippen molar-refractivity contribution in [3.63, 3.8) is 0 Å². The number of benzene rings is 2. The molecule has 0 aliphatic carbocycles. The summed E-state index contributed by atoms with van der Waals surface area (Å²) in [7, 11) is 0. The number of hydrogen-bond acceptors (Lipinski definition) is 0. The second-order valence-electron chi connectivity index (χ2n) is 3.97. The molecule has 2 aromatic carbocycles. The minimum atomic E-state index is 0.316. The second kappa shape index (κ2) is 6.86. The van der Waals surface area contributed by atoms with E-state index in [1.807, 2.05) is 6.07 Å². The molecule has 0 aromatic heterocycles. The van der Waals surface area contributed by atoms with Crippen molar-refractivity contribution in [2.24, 2.45) is 0 Å². The minimum absolute atomic E-state index is 0.316. The van der Waals surface area contributed by atoms with Gasteiger partial charge in [-0.05, 0) is 70.5 Å². The van der Waals surface area contributed by atoms with E-state index in [-0.39, 0.29) is 0 Å². The Kier molecular flexibility index (Phi) is 5.72. The highest BCUT2D eigenvalue weighted by Gasteiger charge is 2.12. The molecule has 0 fully saturated rings. The van der Waals surface area contributed by atoms with E-state index in [9.17, 15) is 0 Å². The maximum Gasteiger partial charge on any atom is 0.0447 e. The minimum Gasteiger partial charge on any atom is -0.0835 e. The topological polar surface area (TPSA) is 0 Å². The van der Waals surface area contributed by atoms with E-state index in [0.29, 0.717) is 4.83 Å². The summed E-state index contributed by atoms with van der Waals surface area (Å²) in [6.45, 7) is 0. The monoisotopic (exact) mass is 542 g/mol. The molecule has 4 heteroatoms. The van der Waals surface area contributed by atoms with Crippen LogP contribution in [0.15, 0.2) is 51.4 Å². The average molecular weight is 545 g/mol. The molecule has 0 saturated carbocycles. The second-order valence-corrected chi connectivity index (χ2v) is 8.09. The Morgan fingerprint density at radius 2 is 1.83 bits per heavy atom. The standard InChI is InChI=1S/C14H10Br3I/c15-10-3-1-2-9(6-10)7-14(17)12-8-11(18)4-5-13(12)16/h1-6,8,14H,7H2. The Labute approximate surface area is 146 Å². The summed E-state index contributed by atoms with van der Waals surface area (Å²) in [4.78, 5) is 0.316. The van der Waals surface area contributed by atoms with Gasteiger partial charge < -0.3 is 0 Å². The predicted molar refractivity (Wildman–Crippen MR) is 96.4 cm³/mol. The van der Waals surface area contributed by atoms with Crippen LogP contribution in [0.3, 0.4) is 0 Å². The molecule has 0 nitrogen and oxygen atoms in total. The summed E-state index contributed by atoms with van der Waals surface area (Å²) < 4.78 is 3.53. The van der Waals surface area contributed by atoms with Crippen molar-refractivity contribution < 1.29 is 0 Å². The van der Waals surface area contributed by atoms with Crippen molar-refractivity contribution in [3.8, 4) is 0 Å². The average Bonchev–Trinajstić information content (AvgIpc) is 2.32. The van der Waals surface area contributed by atoms with Crippen LogP contribution in [0.4, 0.5) is 0 Å². The summed E-state index contributed by atoms with van der Waals surface area (Å²) in [6.07, 6.45) is 0.970. The SMILES string of the molecule is Brc1cccc(CC(Br)c2cc(I)ccc2Br)c1. The van der Waals surface area contributed by atoms with Gasteiger partial charge in [0.15, 0.2) is 0 Å². The largest absolute Gasteiger partial charge is 0.0835 e. The molecule has 18 heavy (non-hydrogen) atoms. The maximum atomic E-state index is 3.78. The van der Waals surface area contributed by atoms with E-state index < -0.39 is 0 Å². The first-order valence-electron chi connectivity index (χ1n) is 5.40. The molecule has 94 valence electrons. The van der Waals surface area contributed by atoms with Crippen molar-refractivity contribution in [2.75, 3.05) is 0 Å². The van der Waals surface area contributed by atoms with Crippen LogP contribution in [-0.2, 0) is 6.42 Å². The summed E-state index contributed by atoms with van der Waals surface area (Å²) in [6, 6.07) is 14.9. The van der Waals surface area contributed by atoms with E-state index in [2.05, 4.69) is 107 Å². The van der Waals surface area contributed by atoms with Gasteiger partial charge in [0.05, 0.1) is 0 Å². The van der Waals surface area contributed by atoms with Gasteiger partial charge in [-0.15, -0.1) is 0 Å². The Morgan fingerprint density at radius 3 is 2.56 bits per heavy atom. The van der Waals surface area contributed by atoms with Gasteiger partial charge in [-0.25, -0.2) is 0 Å². The van der Waals surface area contributed by atoms with Crippen molar-refractivity contribution in [1.29, 1.82) is 0 Å². The van der Waals surface area contributed by atoms with E-state index in [1.54, 1.807) is 0 Å². The molecule has 2 rings (SSSR count). The van der Waals surface area contributed by atoms with Crippen LogP contribution >= 0.6 is 70.4 Å². The van der Waals surface area contributed by atoms with Crippen LogP contribution in [0.5, 0.6) is 0 Å². The van der Waals surface area contributed by atoms with Crippen molar-refractivity contribution >= 4 is 70.4 Å². The van der Waals surface area contributed by atoms with Gasteiger partial charge in [0.1, 0.15) is 0 Å². The van der Waals surface area contributed by atoms with Crippen LogP contribution in [0.25, 0.3) is 0 Å².